The minimum atomic E-state index is -2.97. The molecule has 0 aromatic heterocycles. The number of sulfone groups is 1. The van der Waals surface area contributed by atoms with Crippen molar-refractivity contribution in [3.05, 3.63) is 35.9 Å². The molecule has 1 unspecified atom stereocenters. The summed E-state index contributed by atoms with van der Waals surface area (Å²) in [5.74, 6) is 0.0168. The first kappa shape index (κ1) is 16.0. The van der Waals surface area contributed by atoms with E-state index in [0.717, 1.165) is 5.56 Å². The van der Waals surface area contributed by atoms with Crippen molar-refractivity contribution >= 4 is 15.8 Å². The summed E-state index contributed by atoms with van der Waals surface area (Å²) in [7, 11) is -2.97. The molecule has 0 spiro atoms. The van der Waals surface area contributed by atoms with E-state index in [4.69, 9.17) is 4.74 Å². The summed E-state index contributed by atoms with van der Waals surface area (Å²) in [6.07, 6.45) is 0.578. The number of nitrogens with zero attached hydrogens (tertiary/aromatic N) is 1. The van der Waals surface area contributed by atoms with E-state index in [1.54, 1.807) is 6.92 Å². The van der Waals surface area contributed by atoms with Gasteiger partial charge in [-0.05, 0) is 18.9 Å². The van der Waals surface area contributed by atoms with Gasteiger partial charge in [0.05, 0.1) is 24.7 Å². The van der Waals surface area contributed by atoms with Crippen molar-refractivity contribution in [1.29, 1.82) is 0 Å². The second-order valence-electron chi connectivity index (χ2n) is 5.25. The van der Waals surface area contributed by atoms with Crippen molar-refractivity contribution in [3.63, 3.8) is 0 Å². The van der Waals surface area contributed by atoms with Crippen LogP contribution in [-0.4, -0.2) is 50.0 Å². The van der Waals surface area contributed by atoms with E-state index >= 15 is 0 Å². The maximum atomic E-state index is 11.7. The van der Waals surface area contributed by atoms with E-state index in [0.29, 0.717) is 19.6 Å². The summed E-state index contributed by atoms with van der Waals surface area (Å²) in [5.41, 5.74) is 1.06. The Balaban J connectivity index is 2.08. The first-order valence-electron chi connectivity index (χ1n) is 7.14. The van der Waals surface area contributed by atoms with E-state index in [9.17, 15) is 13.2 Å². The predicted octanol–water partition coefficient (Wildman–Crippen LogP) is 1.24. The summed E-state index contributed by atoms with van der Waals surface area (Å²) in [6.45, 7) is 2.78. The molecule has 1 aromatic rings. The van der Waals surface area contributed by atoms with Crippen molar-refractivity contribution < 1.29 is 17.9 Å². The van der Waals surface area contributed by atoms with Crippen LogP contribution >= 0.6 is 0 Å². The molecule has 5 nitrogen and oxygen atoms in total. The monoisotopic (exact) mass is 311 g/mol. The lowest BCUT2D eigenvalue weighted by Gasteiger charge is -2.27. The highest BCUT2D eigenvalue weighted by molar-refractivity contribution is 7.91. The molecule has 21 heavy (non-hydrogen) atoms. The van der Waals surface area contributed by atoms with Crippen LogP contribution in [0, 0.1) is 0 Å². The minimum Gasteiger partial charge on any atom is -0.465 e. The van der Waals surface area contributed by atoms with Crippen LogP contribution in [0.3, 0.4) is 0 Å². The van der Waals surface area contributed by atoms with Crippen LogP contribution in [0.1, 0.15) is 18.9 Å². The number of carbonyl (C=O) groups excluding carboxylic acids is 1. The molecule has 1 heterocycles. The minimum absolute atomic E-state index is 0.111. The third-order valence-electron chi connectivity index (χ3n) is 3.59. The van der Waals surface area contributed by atoms with Crippen LogP contribution in [-0.2, 0) is 25.9 Å². The van der Waals surface area contributed by atoms with Gasteiger partial charge in [-0.1, -0.05) is 30.3 Å². The summed E-state index contributed by atoms with van der Waals surface area (Å²) in [5, 5.41) is 0. The molecule has 1 fully saturated rings. The van der Waals surface area contributed by atoms with E-state index in [-0.39, 0.29) is 30.1 Å². The third-order valence-corrected chi connectivity index (χ3v) is 5.34. The maximum absolute atomic E-state index is 11.7. The molecule has 0 saturated carbocycles. The lowest BCUT2D eigenvalue weighted by Crippen LogP contribution is -2.40. The van der Waals surface area contributed by atoms with Gasteiger partial charge >= 0.3 is 5.97 Å². The molecule has 2 rings (SSSR count). The molecule has 0 radical (unpaired) electrons. The maximum Gasteiger partial charge on any atom is 0.320 e. The van der Waals surface area contributed by atoms with Crippen molar-refractivity contribution in [2.24, 2.45) is 0 Å². The first-order chi connectivity index (χ1) is 10.00. The number of esters is 1. The van der Waals surface area contributed by atoms with Crippen LogP contribution in [0.4, 0.5) is 0 Å². The Labute approximate surface area is 125 Å². The standard InChI is InChI=1S/C15H21NO4S/c1-2-20-15(17)11-16(10-13-6-4-3-5-7-13)14-8-9-21(18,19)12-14/h3-7,14H,2,8-12H2,1H3. The van der Waals surface area contributed by atoms with Gasteiger partial charge in [0.15, 0.2) is 9.84 Å². The topological polar surface area (TPSA) is 63.7 Å². The fourth-order valence-electron chi connectivity index (χ4n) is 2.57. The zero-order valence-electron chi connectivity index (χ0n) is 12.2. The van der Waals surface area contributed by atoms with Crippen LogP contribution in [0.15, 0.2) is 30.3 Å². The van der Waals surface area contributed by atoms with Crippen molar-refractivity contribution in [2.45, 2.75) is 25.9 Å². The third kappa shape index (κ3) is 4.82. The molecule has 0 amide bonds. The molecule has 1 aliphatic heterocycles. The van der Waals surface area contributed by atoms with Gasteiger partial charge in [-0.3, -0.25) is 9.69 Å². The number of hydrogen-bond acceptors (Lipinski definition) is 5. The highest BCUT2D eigenvalue weighted by Crippen LogP contribution is 2.20. The Morgan fingerprint density at radius 2 is 2.05 bits per heavy atom. The van der Waals surface area contributed by atoms with Gasteiger partial charge in [0, 0.05) is 12.6 Å². The Kier molecular flexibility index (Phi) is 5.36. The average Bonchev–Trinajstić information content (AvgIpc) is 2.80. The smallest absolute Gasteiger partial charge is 0.320 e. The number of carbonyl (C=O) groups is 1. The Hall–Kier alpha value is -1.40. The van der Waals surface area contributed by atoms with Crippen LogP contribution in [0.5, 0.6) is 0 Å². The molecule has 1 aliphatic rings. The van der Waals surface area contributed by atoms with Gasteiger partial charge in [0.2, 0.25) is 0 Å². The van der Waals surface area contributed by atoms with E-state index in [2.05, 4.69) is 0 Å². The van der Waals surface area contributed by atoms with Gasteiger partial charge in [-0.2, -0.15) is 0 Å². The Morgan fingerprint density at radius 3 is 2.62 bits per heavy atom. The normalized spacial score (nSPS) is 20.6. The van der Waals surface area contributed by atoms with E-state index < -0.39 is 9.84 Å². The SMILES string of the molecule is CCOC(=O)CN(Cc1ccccc1)C1CCS(=O)(=O)C1. The highest BCUT2D eigenvalue weighted by Gasteiger charge is 2.33. The summed E-state index contributed by atoms with van der Waals surface area (Å²) in [4.78, 5) is 13.7. The zero-order chi connectivity index (χ0) is 15.3. The predicted molar refractivity (Wildman–Crippen MR) is 80.5 cm³/mol. The molecular formula is C15H21NO4S. The summed E-state index contributed by atoms with van der Waals surface area (Å²) < 4.78 is 28.3. The lowest BCUT2D eigenvalue weighted by atomic mass is 10.1. The number of ether oxygens (including phenoxy) is 1. The quantitative estimate of drug-likeness (QED) is 0.740. The van der Waals surface area contributed by atoms with Gasteiger partial charge in [0.1, 0.15) is 0 Å². The summed E-state index contributed by atoms with van der Waals surface area (Å²) >= 11 is 0. The Bertz CT molecular complexity index is 571. The molecule has 116 valence electrons. The van der Waals surface area contributed by atoms with Crippen LogP contribution < -0.4 is 0 Å². The average molecular weight is 311 g/mol. The Morgan fingerprint density at radius 1 is 1.33 bits per heavy atom. The van der Waals surface area contributed by atoms with Gasteiger partial charge in [0.25, 0.3) is 0 Å². The summed E-state index contributed by atoms with van der Waals surface area (Å²) in [6, 6.07) is 9.63. The van der Waals surface area contributed by atoms with Crippen molar-refractivity contribution in [1.82, 2.24) is 4.90 Å². The number of benzene rings is 1. The van der Waals surface area contributed by atoms with E-state index in [1.807, 2.05) is 35.2 Å². The highest BCUT2D eigenvalue weighted by atomic mass is 32.2. The van der Waals surface area contributed by atoms with Gasteiger partial charge in [-0.25, -0.2) is 8.42 Å². The molecule has 1 aromatic carbocycles. The molecule has 1 saturated heterocycles. The molecule has 0 bridgehead atoms. The van der Waals surface area contributed by atoms with Crippen LogP contribution in [0.25, 0.3) is 0 Å². The fraction of sp³-hybridized carbons (Fsp3) is 0.533. The zero-order valence-corrected chi connectivity index (χ0v) is 13.0. The molecule has 0 N–H and O–H groups in total. The first-order valence-corrected chi connectivity index (χ1v) is 8.96. The van der Waals surface area contributed by atoms with Gasteiger partial charge in [-0.15, -0.1) is 0 Å². The lowest BCUT2D eigenvalue weighted by molar-refractivity contribution is -0.145. The molecule has 6 heteroatoms. The van der Waals surface area contributed by atoms with Gasteiger partial charge < -0.3 is 4.74 Å². The van der Waals surface area contributed by atoms with Crippen LogP contribution in [0.2, 0.25) is 0 Å². The van der Waals surface area contributed by atoms with E-state index in [1.165, 1.54) is 0 Å². The molecule has 0 aliphatic carbocycles. The number of hydrogen-bond donors (Lipinski definition) is 0. The number of rotatable bonds is 6. The molecule has 1 atom stereocenters. The second kappa shape index (κ2) is 7.04. The molecular weight excluding hydrogens is 290 g/mol. The second-order valence-corrected chi connectivity index (χ2v) is 7.48. The van der Waals surface area contributed by atoms with Crippen molar-refractivity contribution in [3.8, 4) is 0 Å². The largest absolute Gasteiger partial charge is 0.465 e. The van der Waals surface area contributed by atoms with Crippen molar-refractivity contribution in [2.75, 3.05) is 24.7 Å². The fourth-order valence-corrected chi connectivity index (χ4v) is 4.33.